The van der Waals surface area contributed by atoms with Crippen LogP contribution in [0.3, 0.4) is 0 Å². The zero-order chi connectivity index (χ0) is 5.98. The molecule has 1 unspecified atom stereocenters. The summed E-state index contributed by atoms with van der Waals surface area (Å²) in [6, 6.07) is 0. The lowest BCUT2D eigenvalue weighted by Gasteiger charge is -2.03. The van der Waals surface area contributed by atoms with Crippen molar-refractivity contribution in [2.24, 2.45) is 21.1 Å². The van der Waals surface area contributed by atoms with Gasteiger partial charge >= 0.3 is 0 Å². The first-order valence-corrected chi connectivity index (χ1v) is 2.72. The zero-order valence-corrected chi connectivity index (χ0v) is 5.07. The smallest absolute Gasteiger partial charge is 0.164 e. The largest absolute Gasteiger partial charge is 0.243 e. The number of aliphatic imine (C=N–C) groups is 1. The summed E-state index contributed by atoms with van der Waals surface area (Å²) in [5, 5.41) is 7.46. The van der Waals surface area contributed by atoms with Gasteiger partial charge in [-0.25, -0.2) is 4.99 Å². The summed E-state index contributed by atoms with van der Waals surface area (Å²) in [4.78, 5) is 3.98. The highest BCUT2D eigenvalue weighted by Gasteiger charge is 2.10. The topological polar surface area (TPSA) is 37.1 Å². The number of hydrogen-bond acceptors (Lipinski definition) is 3. The molecule has 0 saturated carbocycles. The van der Waals surface area contributed by atoms with E-state index in [4.69, 9.17) is 0 Å². The Labute approximate surface area is 48.5 Å². The fourth-order valence-electron chi connectivity index (χ4n) is 0.532. The van der Waals surface area contributed by atoms with Crippen molar-refractivity contribution >= 4 is 6.34 Å². The van der Waals surface area contributed by atoms with Gasteiger partial charge in [0.15, 0.2) is 6.17 Å². The summed E-state index contributed by atoms with van der Waals surface area (Å²) >= 11 is 0. The van der Waals surface area contributed by atoms with E-state index in [0.29, 0.717) is 5.92 Å². The predicted octanol–water partition coefficient (Wildman–Crippen LogP) is 1.46. The maximum atomic E-state index is 3.98. The molecular weight excluding hydrogens is 102 g/mol. The molecule has 0 fully saturated rings. The minimum atomic E-state index is 0.0926. The highest BCUT2D eigenvalue weighted by molar-refractivity contribution is 5.56. The molecule has 8 heavy (non-hydrogen) atoms. The minimum absolute atomic E-state index is 0.0926. The SMILES string of the molecule is CC(C)C1N=CN=N1. The normalized spacial score (nSPS) is 25.6. The molecular formula is C5H9N3. The third kappa shape index (κ3) is 0.911. The van der Waals surface area contributed by atoms with Crippen molar-refractivity contribution < 1.29 is 0 Å². The molecule has 1 aliphatic rings. The maximum Gasteiger partial charge on any atom is 0.164 e. The summed E-state index contributed by atoms with van der Waals surface area (Å²) in [7, 11) is 0. The van der Waals surface area contributed by atoms with Gasteiger partial charge < -0.3 is 0 Å². The lowest BCUT2D eigenvalue weighted by molar-refractivity contribution is 0.512. The first-order chi connectivity index (χ1) is 3.80. The van der Waals surface area contributed by atoms with Gasteiger partial charge in [-0.3, -0.25) is 0 Å². The Hall–Kier alpha value is -0.730. The Bertz CT molecular complexity index is 114. The summed E-state index contributed by atoms with van der Waals surface area (Å²) in [5.41, 5.74) is 0. The van der Waals surface area contributed by atoms with Crippen LogP contribution in [0.4, 0.5) is 0 Å². The van der Waals surface area contributed by atoms with Crippen LogP contribution in [0.25, 0.3) is 0 Å². The second-order valence-electron chi connectivity index (χ2n) is 2.15. The van der Waals surface area contributed by atoms with Crippen LogP contribution >= 0.6 is 0 Å². The van der Waals surface area contributed by atoms with Gasteiger partial charge in [-0.05, 0) is 5.92 Å². The standard InChI is InChI=1S/C5H9N3/c1-4(2)5-6-3-7-8-5/h3-5H,1-2H3. The highest BCUT2D eigenvalue weighted by Crippen LogP contribution is 2.10. The molecule has 0 spiro atoms. The van der Waals surface area contributed by atoms with Crippen LogP contribution in [0.5, 0.6) is 0 Å². The van der Waals surface area contributed by atoms with Gasteiger partial charge in [0.25, 0.3) is 0 Å². The Morgan fingerprint density at radius 2 is 2.25 bits per heavy atom. The second-order valence-corrected chi connectivity index (χ2v) is 2.15. The van der Waals surface area contributed by atoms with Gasteiger partial charge in [0, 0.05) is 0 Å². The van der Waals surface area contributed by atoms with E-state index in [9.17, 15) is 0 Å². The minimum Gasteiger partial charge on any atom is -0.243 e. The van der Waals surface area contributed by atoms with E-state index in [2.05, 4.69) is 29.1 Å². The Kier molecular flexibility index (Phi) is 1.37. The van der Waals surface area contributed by atoms with Crippen molar-refractivity contribution in [1.29, 1.82) is 0 Å². The molecule has 0 bridgehead atoms. The number of hydrogen-bond donors (Lipinski definition) is 0. The molecule has 1 rings (SSSR count). The van der Waals surface area contributed by atoms with Crippen LogP contribution in [0, 0.1) is 5.92 Å². The quantitative estimate of drug-likeness (QED) is 0.491. The van der Waals surface area contributed by atoms with Crippen molar-refractivity contribution in [2.45, 2.75) is 20.0 Å². The van der Waals surface area contributed by atoms with Gasteiger partial charge in [-0.1, -0.05) is 13.8 Å². The molecule has 3 heteroatoms. The van der Waals surface area contributed by atoms with Crippen molar-refractivity contribution in [1.82, 2.24) is 0 Å². The molecule has 0 amide bonds. The second kappa shape index (κ2) is 2.03. The number of azo groups is 1. The van der Waals surface area contributed by atoms with E-state index in [1.54, 1.807) is 0 Å². The van der Waals surface area contributed by atoms with E-state index in [1.807, 2.05) is 0 Å². The van der Waals surface area contributed by atoms with Crippen LogP contribution in [0.1, 0.15) is 13.8 Å². The van der Waals surface area contributed by atoms with Crippen LogP contribution in [0.15, 0.2) is 15.2 Å². The first-order valence-electron chi connectivity index (χ1n) is 2.72. The van der Waals surface area contributed by atoms with Crippen LogP contribution < -0.4 is 0 Å². The van der Waals surface area contributed by atoms with E-state index in [1.165, 1.54) is 6.34 Å². The maximum absolute atomic E-state index is 3.98. The lowest BCUT2D eigenvalue weighted by Crippen LogP contribution is -2.05. The zero-order valence-electron chi connectivity index (χ0n) is 5.07. The Morgan fingerprint density at radius 3 is 2.50 bits per heavy atom. The van der Waals surface area contributed by atoms with E-state index >= 15 is 0 Å². The van der Waals surface area contributed by atoms with Crippen molar-refractivity contribution in [3.63, 3.8) is 0 Å². The molecule has 0 aromatic rings. The first kappa shape index (κ1) is 5.41. The van der Waals surface area contributed by atoms with Crippen LogP contribution in [0.2, 0.25) is 0 Å². The molecule has 1 heterocycles. The molecule has 0 radical (unpaired) electrons. The summed E-state index contributed by atoms with van der Waals surface area (Å²) in [6.45, 7) is 4.15. The third-order valence-corrected chi connectivity index (χ3v) is 1.05. The van der Waals surface area contributed by atoms with Gasteiger partial charge in [-0.15, -0.1) is 5.11 Å². The molecule has 0 N–H and O–H groups in total. The van der Waals surface area contributed by atoms with Gasteiger partial charge in [0.05, 0.1) is 0 Å². The van der Waals surface area contributed by atoms with Crippen LogP contribution in [-0.4, -0.2) is 12.5 Å². The van der Waals surface area contributed by atoms with Crippen molar-refractivity contribution in [2.75, 3.05) is 0 Å². The Balaban J connectivity index is 2.49. The monoisotopic (exact) mass is 111 g/mol. The van der Waals surface area contributed by atoms with E-state index < -0.39 is 0 Å². The molecule has 0 aromatic heterocycles. The fraction of sp³-hybridized carbons (Fsp3) is 0.800. The van der Waals surface area contributed by atoms with Crippen molar-refractivity contribution in [3.8, 4) is 0 Å². The molecule has 0 aliphatic carbocycles. The number of nitrogens with zero attached hydrogens (tertiary/aromatic N) is 3. The molecule has 0 saturated heterocycles. The van der Waals surface area contributed by atoms with E-state index in [-0.39, 0.29) is 6.17 Å². The van der Waals surface area contributed by atoms with Crippen LogP contribution in [-0.2, 0) is 0 Å². The molecule has 1 atom stereocenters. The van der Waals surface area contributed by atoms with E-state index in [0.717, 1.165) is 0 Å². The highest BCUT2D eigenvalue weighted by atomic mass is 15.3. The average molecular weight is 111 g/mol. The lowest BCUT2D eigenvalue weighted by atomic mass is 10.2. The molecule has 0 aromatic carbocycles. The third-order valence-electron chi connectivity index (χ3n) is 1.05. The van der Waals surface area contributed by atoms with Gasteiger partial charge in [0.2, 0.25) is 0 Å². The number of rotatable bonds is 1. The summed E-state index contributed by atoms with van der Waals surface area (Å²) in [6.07, 6.45) is 1.60. The Morgan fingerprint density at radius 1 is 1.50 bits per heavy atom. The predicted molar refractivity (Wildman–Crippen MR) is 32.0 cm³/mol. The molecule has 1 aliphatic heterocycles. The van der Waals surface area contributed by atoms with Gasteiger partial charge in [-0.2, -0.15) is 5.11 Å². The van der Waals surface area contributed by atoms with Crippen molar-refractivity contribution in [3.05, 3.63) is 0 Å². The molecule has 44 valence electrons. The molecule has 3 nitrogen and oxygen atoms in total. The average Bonchev–Trinajstić information content (AvgIpc) is 2.12. The summed E-state index contributed by atoms with van der Waals surface area (Å²) < 4.78 is 0. The summed E-state index contributed by atoms with van der Waals surface area (Å²) in [5.74, 6) is 0.484. The van der Waals surface area contributed by atoms with Gasteiger partial charge in [0.1, 0.15) is 6.34 Å². The fourth-order valence-corrected chi connectivity index (χ4v) is 0.532.